The maximum Gasteiger partial charge on any atom is 0.573 e. The fourth-order valence-electron chi connectivity index (χ4n) is 2.45. The first kappa shape index (κ1) is 19.6. The summed E-state index contributed by atoms with van der Waals surface area (Å²) in [6, 6.07) is 7.49. The third-order valence-electron chi connectivity index (χ3n) is 3.56. The molecule has 1 N–H and O–H groups in total. The zero-order chi connectivity index (χ0) is 20.5. The number of fused-ring (bicyclic) bond motifs is 1. The number of sulfonamides is 1. The minimum Gasteiger partial charge on any atom is -0.495 e. The summed E-state index contributed by atoms with van der Waals surface area (Å²) in [6.45, 7) is 0. The summed E-state index contributed by atoms with van der Waals surface area (Å²) >= 11 is 0. The lowest BCUT2D eigenvalue weighted by Crippen LogP contribution is -2.17. The van der Waals surface area contributed by atoms with Gasteiger partial charge in [0.05, 0.1) is 19.6 Å². The van der Waals surface area contributed by atoms with Crippen molar-refractivity contribution in [3.05, 3.63) is 36.4 Å². The van der Waals surface area contributed by atoms with E-state index < -0.39 is 22.1 Å². The van der Waals surface area contributed by atoms with E-state index in [-0.39, 0.29) is 33.2 Å². The molecule has 0 aliphatic heterocycles. The van der Waals surface area contributed by atoms with Crippen LogP contribution in [0.3, 0.4) is 0 Å². The molecule has 0 radical (unpaired) electrons. The molecule has 0 fully saturated rings. The maximum absolute atomic E-state index is 12.9. The number of methoxy groups -OCH3 is 2. The van der Waals surface area contributed by atoms with E-state index in [1.807, 2.05) is 0 Å². The molecule has 1 aromatic heterocycles. The Balaban J connectivity index is 2.04. The number of aromatic nitrogens is 1. The van der Waals surface area contributed by atoms with E-state index in [2.05, 4.69) is 14.6 Å². The van der Waals surface area contributed by atoms with Crippen LogP contribution < -0.4 is 18.9 Å². The van der Waals surface area contributed by atoms with Gasteiger partial charge in [-0.3, -0.25) is 4.72 Å². The van der Waals surface area contributed by atoms with Gasteiger partial charge in [-0.2, -0.15) is 0 Å². The second kappa shape index (κ2) is 7.11. The van der Waals surface area contributed by atoms with E-state index >= 15 is 0 Å². The zero-order valence-electron chi connectivity index (χ0n) is 14.4. The first-order valence-electron chi connectivity index (χ1n) is 7.53. The second-order valence-electron chi connectivity index (χ2n) is 5.33. The molecule has 150 valence electrons. The molecule has 0 unspecified atom stereocenters. The summed E-state index contributed by atoms with van der Waals surface area (Å²) in [5.41, 5.74) is 0.0548. The van der Waals surface area contributed by atoms with Crippen molar-refractivity contribution in [2.75, 3.05) is 18.9 Å². The van der Waals surface area contributed by atoms with Gasteiger partial charge in [0.1, 0.15) is 17.2 Å². The van der Waals surface area contributed by atoms with Crippen LogP contribution in [0.4, 0.5) is 19.0 Å². The third-order valence-corrected chi connectivity index (χ3v) is 4.96. The third kappa shape index (κ3) is 3.91. The first-order valence-corrected chi connectivity index (χ1v) is 9.02. The number of rotatable bonds is 6. The van der Waals surface area contributed by atoms with Crippen molar-refractivity contribution < 1.29 is 40.3 Å². The highest BCUT2D eigenvalue weighted by atomic mass is 32.2. The minimum absolute atomic E-state index is 0.000689. The van der Waals surface area contributed by atoms with Crippen LogP contribution in [-0.4, -0.2) is 34.2 Å². The summed E-state index contributed by atoms with van der Waals surface area (Å²) in [5.74, 6) is -0.879. The average molecular weight is 418 g/mol. The fourth-order valence-corrected chi connectivity index (χ4v) is 3.79. The van der Waals surface area contributed by atoms with Crippen molar-refractivity contribution in [3.63, 3.8) is 0 Å². The van der Waals surface area contributed by atoms with E-state index in [9.17, 15) is 21.6 Å². The van der Waals surface area contributed by atoms with E-state index in [1.165, 1.54) is 38.5 Å². The predicted octanol–water partition coefficient (Wildman–Crippen LogP) is 3.54. The second-order valence-corrected chi connectivity index (χ2v) is 6.95. The Kier molecular flexibility index (Phi) is 4.98. The molecule has 1 heterocycles. The van der Waals surface area contributed by atoms with Gasteiger partial charge in [0.25, 0.3) is 10.0 Å². The summed E-state index contributed by atoms with van der Waals surface area (Å²) in [7, 11) is -1.74. The molecule has 0 amide bonds. The van der Waals surface area contributed by atoms with Gasteiger partial charge in [0, 0.05) is 0 Å². The van der Waals surface area contributed by atoms with Crippen LogP contribution in [0.5, 0.6) is 17.2 Å². The molecule has 2 aromatic carbocycles. The van der Waals surface area contributed by atoms with Gasteiger partial charge in [-0.15, -0.1) is 13.2 Å². The molecule has 28 heavy (non-hydrogen) atoms. The Morgan fingerprint density at radius 3 is 2.29 bits per heavy atom. The Bertz CT molecular complexity index is 1090. The molecule has 0 saturated heterocycles. The zero-order valence-corrected chi connectivity index (χ0v) is 15.2. The molecule has 0 saturated carbocycles. The molecule has 3 rings (SSSR count). The van der Waals surface area contributed by atoms with Gasteiger partial charge in [-0.1, -0.05) is 11.2 Å². The Labute approximate surface area is 156 Å². The van der Waals surface area contributed by atoms with Crippen molar-refractivity contribution >= 4 is 26.8 Å². The molecular formula is C16H13F3N2O6S. The van der Waals surface area contributed by atoms with Crippen LogP contribution in [-0.2, 0) is 10.0 Å². The number of anilines is 1. The molecule has 8 nitrogen and oxygen atoms in total. The van der Waals surface area contributed by atoms with Gasteiger partial charge in [0.2, 0.25) is 0 Å². The smallest absolute Gasteiger partial charge is 0.495 e. The molecule has 3 aromatic rings. The summed E-state index contributed by atoms with van der Waals surface area (Å²) < 4.78 is 84.1. The molecule has 12 heteroatoms. The molecule has 0 bridgehead atoms. The van der Waals surface area contributed by atoms with Crippen molar-refractivity contribution in [1.29, 1.82) is 0 Å². The molecule has 0 aliphatic carbocycles. The van der Waals surface area contributed by atoms with Crippen molar-refractivity contribution in [3.8, 4) is 17.2 Å². The van der Waals surface area contributed by atoms with E-state index in [0.717, 1.165) is 12.1 Å². The number of halogens is 3. The summed E-state index contributed by atoms with van der Waals surface area (Å²) in [4.78, 5) is -0.307. The summed E-state index contributed by atoms with van der Waals surface area (Å²) in [5, 5.41) is 3.54. The first-order chi connectivity index (χ1) is 13.1. The number of nitrogens with one attached hydrogen (secondary N) is 1. The van der Waals surface area contributed by atoms with Crippen LogP contribution in [0.15, 0.2) is 45.8 Å². The number of ether oxygens (including phenoxy) is 3. The van der Waals surface area contributed by atoms with E-state index in [4.69, 9.17) is 14.0 Å². The number of benzene rings is 2. The van der Waals surface area contributed by atoms with Gasteiger partial charge >= 0.3 is 6.36 Å². The van der Waals surface area contributed by atoms with Gasteiger partial charge < -0.3 is 18.7 Å². The minimum atomic E-state index is -4.91. The largest absolute Gasteiger partial charge is 0.573 e. The van der Waals surface area contributed by atoms with Crippen LogP contribution in [0.2, 0.25) is 0 Å². The molecular weight excluding hydrogens is 405 g/mol. The topological polar surface area (TPSA) is 99.9 Å². The van der Waals surface area contributed by atoms with Gasteiger partial charge in [-0.05, 0) is 30.3 Å². The maximum atomic E-state index is 12.9. The molecule has 0 spiro atoms. The van der Waals surface area contributed by atoms with Crippen LogP contribution in [0, 0.1) is 0 Å². The lowest BCUT2D eigenvalue weighted by molar-refractivity contribution is -0.274. The predicted molar refractivity (Wildman–Crippen MR) is 91.0 cm³/mol. The Hall–Kier alpha value is -3.15. The van der Waals surface area contributed by atoms with Gasteiger partial charge in [-0.25, -0.2) is 8.42 Å². The number of nitrogens with zero attached hydrogens (tertiary/aromatic N) is 1. The summed E-state index contributed by atoms with van der Waals surface area (Å²) in [6.07, 6.45) is -4.91. The Morgan fingerprint density at radius 2 is 1.71 bits per heavy atom. The Morgan fingerprint density at radius 1 is 1.07 bits per heavy atom. The monoisotopic (exact) mass is 418 g/mol. The quantitative estimate of drug-likeness (QED) is 0.654. The highest BCUT2D eigenvalue weighted by Gasteiger charge is 2.32. The lowest BCUT2D eigenvalue weighted by Gasteiger charge is -2.13. The van der Waals surface area contributed by atoms with E-state index in [0.29, 0.717) is 0 Å². The van der Waals surface area contributed by atoms with E-state index in [1.54, 1.807) is 0 Å². The fraction of sp³-hybridized carbons (Fsp3) is 0.188. The van der Waals surface area contributed by atoms with Crippen LogP contribution in [0.25, 0.3) is 11.0 Å². The SMILES string of the molecule is COc1cccc(OC)c1S(=O)(=O)Nc1noc2ccc(OC(F)(F)F)cc12. The van der Waals surface area contributed by atoms with Crippen molar-refractivity contribution in [2.45, 2.75) is 11.3 Å². The lowest BCUT2D eigenvalue weighted by atomic mass is 10.2. The average Bonchev–Trinajstić information content (AvgIpc) is 3.01. The van der Waals surface area contributed by atoms with Crippen LogP contribution in [0.1, 0.15) is 0 Å². The van der Waals surface area contributed by atoms with Crippen LogP contribution >= 0.6 is 0 Å². The van der Waals surface area contributed by atoms with Crippen molar-refractivity contribution in [1.82, 2.24) is 5.16 Å². The molecule has 0 atom stereocenters. The highest BCUT2D eigenvalue weighted by Crippen LogP contribution is 2.36. The van der Waals surface area contributed by atoms with Crippen molar-refractivity contribution in [2.24, 2.45) is 0 Å². The highest BCUT2D eigenvalue weighted by molar-refractivity contribution is 7.93. The number of alkyl halides is 3. The normalized spacial score (nSPS) is 12.0. The number of hydrogen-bond acceptors (Lipinski definition) is 7. The van der Waals surface area contributed by atoms with Gasteiger partial charge in [0.15, 0.2) is 16.3 Å². The molecule has 0 aliphatic rings. The standard InChI is InChI=1S/C16H13F3N2O6S/c1-24-12-4-3-5-13(25-2)14(12)28(22,23)21-15-10-8-9(26-16(17,18)19)6-7-11(10)27-20-15/h3-8H,1-2H3,(H,20,21). The number of hydrogen-bond donors (Lipinski definition) is 1.